The van der Waals surface area contributed by atoms with E-state index in [1.807, 2.05) is 0 Å². The lowest BCUT2D eigenvalue weighted by atomic mass is 10.1. The Morgan fingerprint density at radius 3 is 2.71 bits per heavy atom. The maximum absolute atomic E-state index is 11.7. The minimum absolute atomic E-state index is 0.171. The number of carbonyl (C=O) groups excluding carboxylic acids is 2. The van der Waals surface area contributed by atoms with Crippen molar-refractivity contribution in [3.05, 3.63) is 6.20 Å². The molecule has 1 aliphatic rings. The van der Waals surface area contributed by atoms with Crippen LogP contribution in [0.3, 0.4) is 0 Å². The van der Waals surface area contributed by atoms with Crippen LogP contribution >= 0.6 is 11.8 Å². The first-order valence-corrected chi connectivity index (χ1v) is 10.7. The zero-order chi connectivity index (χ0) is 19.9. The predicted octanol–water partition coefficient (Wildman–Crippen LogP) is 1.61. The summed E-state index contributed by atoms with van der Waals surface area (Å²) in [6.07, 6.45) is 5.36. The van der Waals surface area contributed by atoms with E-state index in [0.717, 1.165) is 53.7 Å². The van der Waals surface area contributed by atoms with Crippen LogP contribution in [-0.2, 0) is 20.9 Å². The molecule has 1 fully saturated rings. The van der Waals surface area contributed by atoms with E-state index >= 15 is 0 Å². The lowest BCUT2D eigenvalue weighted by molar-refractivity contribution is -0.154. The van der Waals surface area contributed by atoms with Crippen LogP contribution < -0.4 is 10.2 Å². The summed E-state index contributed by atoms with van der Waals surface area (Å²) in [4.78, 5) is 34.8. The number of hydrogen-bond acceptors (Lipinski definition) is 8. The van der Waals surface area contributed by atoms with Gasteiger partial charge < -0.3 is 15.0 Å². The molecule has 0 unspecified atom stereocenters. The molecule has 28 heavy (non-hydrogen) atoms. The van der Waals surface area contributed by atoms with E-state index in [-0.39, 0.29) is 13.2 Å². The molecule has 1 aliphatic heterocycles. The number of thioether (sulfide) groups is 1. The van der Waals surface area contributed by atoms with Crippen LogP contribution in [0.15, 0.2) is 11.4 Å². The van der Waals surface area contributed by atoms with Crippen molar-refractivity contribution >= 4 is 40.5 Å². The highest BCUT2D eigenvalue weighted by molar-refractivity contribution is 7.99. The average Bonchev–Trinajstić information content (AvgIpc) is 3.11. The number of nitrogens with zero attached hydrogens (tertiary/aromatic N) is 5. The fourth-order valence-electron chi connectivity index (χ4n) is 3.17. The molecule has 2 aromatic rings. The van der Waals surface area contributed by atoms with Gasteiger partial charge in [-0.1, -0.05) is 18.7 Å². The Balaban J connectivity index is 1.78. The Morgan fingerprint density at radius 1 is 1.21 bits per heavy atom. The van der Waals surface area contributed by atoms with Crippen molar-refractivity contribution in [3.63, 3.8) is 0 Å². The smallest absolute Gasteiger partial charge is 0.396 e. The van der Waals surface area contributed by atoms with E-state index in [9.17, 15) is 9.59 Å². The zero-order valence-electron chi connectivity index (χ0n) is 16.3. The fraction of sp³-hybridized carbons (Fsp3) is 0.611. The Kier molecular flexibility index (Phi) is 7.07. The number of aromatic nitrogens is 4. The molecular weight excluding hydrogens is 380 g/mol. The predicted molar refractivity (Wildman–Crippen MR) is 107 cm³/mol. The number of anilines is 1. The van der Waals surface area contributed by atoms with E-state index in [4.69, 9.17) is 4.98 Å². The third kappa shape index (κ3) is 4.73. The summed E-state index contributed by atoms with van der Waals surface area (Å²) >= 11 is 1.60. The molecule has 3 rings (SSSR count). The molecule has 0 spiro atoms. The van der Waals surface area contributed by atoms with Gasteiger partial charge in [0.1, 0.15) is 5.82 Å². The van der Waals surface area contributed by atoms with Gasteiger partial charge in [0.25, 0.3) is 0 Å². The van der Waals surface area contributed by atoms with Gasteiger partial charge >= 0.3 is 11.9 Å². The van der Waals surface area contributed by atoms with Gasteiger partial charge in [-0.05, 0) is 31.9 Å². The maximum Gasteiger partial charge on any atom is 0.396 e. The number of fused-ring (bicyclic) bond motifs is 1. The molecule has 0 bridgehead atoms. The second kappa shape index (κ2) is 9.72. The summed E-state index contributed by atoms with van der Waals surface area (Å²) in [5.41, 5.74) is 0.747. The highest BCUT2D eigenvalue weighted by Gasteiger charge is 2.20. The molecule has 2 aromatic heterocycles. The van der Waals surface area contributed by atoms with Gasteiger partial charge in [-0.3, -0.25) is 4.79 Å². The first-order valence-electron chi connectivity index (χ1n) is 9.70. The van der Waals surface area contributed by atoms with Crippen molar-refractivity contribution < 1.29 is 14.3 Å². The average molecular weight is 407 g/mol. The summed E-state index contributed by atoms with van der Waals surface area (Å²) in [5.74, 6) is 0.199. The molecule has 0 aromatic carbocycles. The standard InChI is InChI=1S/C18H26N6O3S/c1-3-27-17(26)16(25)19-8-11-24-15-13(12-20-24)14(21-18(22-15)28-4-2)23-9-6-5-7-10-23/h12H,3-11H2,1-2H3,(H,19,25). The number of nitrogens with one attached hydrogen (secondary N) is 1. The Labute approximate surface area is 168 Å². The summed E-state index contributed by atoms with van der Waals surface area (Å²) in [7, 11) is 0. The first-order chi connectivity index (χ1) is 13.6. The lowest BCUT2D eigenvalue weighted by Crippen LogP contribution is -2.34. The van der Waals surface area contributed by atoms with Crippen LogP contribution in [0.1, 0.15) is 33.1 Å². The van der Waals surface area contributed by atoms with Gasteiger partial charge in [-0.2, -0.15) is 5.10 Å². The molecular formula is C18H26N6O3S. The van der Waals surface area contributed by atoms with Crippen molar-refractivity contribution in [2.45, 2.75) is 44.8 Å². The number of amides is 1. The van der Waals surface area contributed by atoms with Gasteiger partial charge in [-0.15, -0.1) is 0 Å². The van der Waals surface area contributed by atoms with E-state index < -0.39 is 11.9 Å². The Bertz CT molecular complexity index is 834. The maximum atomic E-state index is 11.7. The van der Waals surface area contributed by atoms with E-state index in [1.165, 1.54) is 6.42 Å². The first kappa shape index (κ1) is 20.4. The van der Waals surface area contributed by atoms with E-state index in [0.29, 0.717) is 6.54 Å². The third-order valence-corrected chi connectivity index (χ3v) is 5.18. The fourth-order valence-corrected chi connectivity index (χ4v) is 3.73. The molecule has 0 radical (unpaired) electrons. The van der Waals surface area contributed by atoms with Crippen LogP contribution in [-0.4, -0.2) is 63.6 Å². The van der Waals surface area contributed by atoms with Crippen molar-refractivity contribution in [1.29, 1.82) is 0 Å². The van der Waals surface area contributed by atoms with Crippen molar-refractivity contribution in [3.8, 4) is 0 Å². The van der Waals surface area contributed by atoms with Crippen LogP contribution in [0, 0.1) is 0 Å². The highest BCUT2D eigenvalue weighted by atomic mass is 32.2. The molecule has 9 nitrogen and oxygen atoms in total. The Hall–Kier alpha value is -2.36. The Morgan fingerprint density at radius 2 is 2.00 bits per heavy atom. The minimum Gasteiger partial charge on any atom is -0.459 e. The van der Waals surface area contributed by atoms with Crippen molar-refractivity contribution in [2.24, 2.45) is 0 Å². The normalized spacial score (nSPS) is 14.3. The second-order valence-corrected chi connectivity index (χ2v) is 7.62. The van der Waals surface area contributed by atoms with Crippen LogP contribution in [0.2, 0.25) is 0 Å². The molecule has 152 valence electrons. The monoisotopic (exact) mass is 406 g/mol. The molecule has 0 atom stereocenters. The van der Waals surface area contributed by atoms with Gasteiger partial charge in [0.15, 0.2) is 10.8 Å². The topological polar surface area (TPSA) is 102 Å². The summed E-state index contributed by atoms with van der Waals surface area (Å²) in [6.45, 7) is 6.54. The summed E-state index contributed by atoms with van der Waals surface area (Å²) in [6, 6.07) is 0. The van der Waals surface area contributed by atoms with E-state index in [2.05, 4.69) is 32.0 Å². The lowest BCUT2D eigenvalue weighted by Gasteiger charge is -2.28. The quantitative estimate of drug-likeness (QED) is 0.320. The number of carbonyl (C=O) groups is 2. The number of esters is 1. The molecule has 1 amide bonds. The molecule has 10 heteroatoms. The number of piperidine rings is 1. The van der Waals surface area contributed by atoms with Gasteiger partial charge in [0.05, 0.1) is 24.7 Å². The number of rotatable bonds is 7. The van der Waals surface area contributed by atoms with Crippen LogP contribution in [0.4, 0.5) is 5.82 Å². The summed E-state index contributed by atoms with van der Waals surface area (Å²) < 4.78 is 6.43. The summed E-state index contributed by atoms with van der Waals surface area (Å²) in [5, 5.41) is 8.64. The van der Waals surface area contributed by atoms with Gasteiger partial charge in [-0.25, -0.2) is 19.4 Å². The van der Waals surface area contributed by atoms with Crippen molar-refractivity contribution in [1.82, 2.24) is 25.1 Å². The SMILES string of the molecule is CCOC(=O)C(=O)NCCn1ncc2c(N3CCCCC3)nc(SCC)nc21. The van der Waals surface area contributed by atoms with Crippen molar-refractivity contribution in [2.75, 3.05) is 36.9 Å². The van der Waals surface area contributed by atoms with E-state index in [1.54, 1.807) is 29.6 Å². The molecule has 3 heterocycles. The third-order valence-electron chi connectivity index (χ3n) is 4.45. The molecule has 0 saturated carbocycles. The van der Waals surface area contributed by atoms with Gasteiger partial charge in [0, 0.05) is 19.6 Å². The molecule has 0 aliphatic carbocycles. The molecule has 1 N–H and O–H groups in total. The zero-order valence-corrected chi connectivity index (χ0v) is 17.1. The highest BCUT2D eigenvalue weighted by Crippen LogP contribution is 2.29. The van der Waals surface area contributed by atoms with Crippen LogP contribution in [0.25, 0.3) is 11.0 Å². The largest absolute Gasteiger partial charge is 0.459 e. The number of ether oxygens (including phenoxy) is 1. The minimum atomic E-state index is -0.871. The molecule has 1 saturated heterocycles. The van der Waals surface area contributed by atoms with Gasteiger partial charge in [0.2, 0.25) is 0 Å². The second-order valence-electron chi connectivity index (χ2n) is 6.39. The number of hydrogen-bond donors (Lipinski definition) is 1. The van der Waals surface area contributed by atoms with Crippen LogP contribution in [0.5, 0.6) is 0 Å².